The van der Waals surface area contributed by atoms with Crippen LogP contribution in [0.3, 0.4) is 0 Å². The van der Waals surface area contributed by atoms with Crippen molar-refractivity contribution < 1.29 is 4.79 Å². The molecule has 0 aliphatic carbocycles. The van der Waals surface area contributed by atoms with Crippen molar-refractivity contribution >= 4 is 29.1 Å². The van der Waals surface area contributed by atoms with Gasteiger partial charge in [-0.3, -0.25) is 9.79 Å². The lowest BCUT2D eigenvalue weighted by Crippen LogP contribution is -2.14. The highest BCUT2D eigenvalue weighted by molar-refractivity contribution is 5.95. The van der Waals surface area contributed by atoms with Gasteiger partial charge in [-0.1, -0.05) is 30.3 Å². The highest BCUT2D eigenvalue weighted by Gasteiger charge is 2.00. The summed E-state index contributed by atoms with van der Waals surface area (Å²) in [4.78, 5) is 14.8. The number of fused-ring (bicyclic) bond motifs is 1. The Kier molecular flexibility index (Phi) is 2.96. The molecule has 1 N–H and O–H groups in total. The van der Waals surface area contributed by atoms with Crippen molar-refractivity contribution in [2.45, 2.75) is 0 Å². The smallest absolute Gasteiger partial charge is 0.245 e. The third-order valence-electron chi connectivity index (χ3n) is 2.29. The van der Waals surface area contributed by atoms with E-state index in [1.54, 1.807) is 0 Å². The van der Waals surface area contributed by atoms with Gasteiger partial charge in [0.15, 0.2) is 0 Å². The predicted molar refractivity (Wildman–Crippen MR) is 67.0 cm³/mol. The molecule has 2 aromatic carbocycles. The van der Waals surface area contributed by atoms with Crippen molar-refractivity contribution in [3.8, 4) is 0 Å². The SMILES string of the molecule is C=NCC(=O)Nc1ccc2ccccc2c1. The quantitative estimate of drug-likeness (QED) is 0.780. The van der Waals surface area contributed by atoms with Crippen LogP contribution >= 0.6 is 0 Å². The number of carbonyl (C=O) groups is 1. The topological polar surface area (TPSA) is 41.5 Å². The van der Waals surface area contributed by atoms with Crippen LogP contribution in [0.15, 0.2) is 47.5 Å². The summed E-state index contributed by atoms with van der Waals surface area (Å²) in [5.41, 5.74) is 0.785. The molecular weight excluding hydrogens is 200 g/mol. The Bertz CT molecular complexity index is 534. The van der Waals surface area contributed by atoms with Gasteiger partial charge in [-0.2, -0.15) is 0 Å². The first kappa shape index (κ1) is 10.4. The van der Waals surface area contributed by atoms with Gasteiger partial charge in [-0.25, -0.2) is 0 Å². The summed E-state index contributed by atoms with van der Waals surface area (Å²) in [7, 11) is 0. The van der Waals surface area contributed by atoms with Gasteiger partial charge in [-0.05, 0) is 29.6 Å². The van der Waals surface area contributed by atoms with Crippen molar-refractivity contribution in [2.24, 2.45) is 4.99 Å². The number of amides is 1. The van der Waals surface area contributed by atoms with Crippen LogP contribution in [0.25, 0.3) is 10.8 Å². The number of benzene rings is 2. The molecule has 0 atom stereocenters. The van der Waals surface area contributed by atoms with E-state index in [0.29, 0.717) is 0 Å². The van der Waals surface area contributed by atoms with Crippen LogP contribution in [0.1, 0.15) is 0 Å². The van der Waals surface area contributed by atoms with E-state index in [9.17, 15) is 4.79 Å². The van der Waals surface area contributed by atoms with Crippen LogP contribution < -0.4 is 5.32 Å². The van der Waals surface area contributed by atoms with Gasteiger partial charge in [0.1, 0.15) is 6.54 Å². The third-order valence-corrected chi connectivity index (χ3v) is 2.29. The number of nitrogens with one attached hydrogen (secondary N) is 1. The maximum absolute atomic E-state index is 11.3. The molecule has 0 unspecified atom stereocenters. The van der Waals surface area contributed by atoms with Crippen molar-refractivity contribution in [1.82, 2.24) is 0 Å². The molecule has 0 aromatic heterocycles. The molecule has 0 heterocycles. The Labute approximate surface area is 93.8 Å². The number of anilines is 1. The van der Waals surface area contributed by atoms with Gasteiger partial charge in [0.2, 0.25) is 5.91 Å². The van der Waals surface area contributed by atoms with E-state index in [1.807, 2.05) is 42.5 Å². The zero-order valence-corrected chi connectivity index (χ0v) is 8.81. The minimum atomic E-state index is -0.148. The Hall–Kier alpha value is -2.16. The van der Waals surface area contributed by atoms with E-state index < -0.39 is 0 Å². The summed E-state index contributed by atoms with van der Waals surface area (Å²) < 4.78 is 0. The van der Waals surface area contributed by atoms with Crippen molar-refractivity contribution in [3.63, 3.8) is 0 Å². The third kappa shape index (κ3) is 2.25. The first-order valence-corrected chi connectivity index (χ1v) is 5.01. The Balaban J connectivity index is 2.25. The molecule has 0 saturated heterocycles. The lowest BCUT2D eigenvalue weighted by molar-refractivity contribution is -0.114. The summed E-state index contributed by atoms with van der Waals surface area (Å²) in [5.74, 6) is -0.148. The summed E-state index contributed by atoms with van der Waals surface area (Å²) in [5, 5.41) is 5.02. The average Bonchev–Trinajstić information content (AvgIpc) is 2.29. The van der Waals surface area contributed by atoms with Crippen molar-refractivity contribution in [3.05, 3.63) is 42.5 Å². The lowest BCUT2D eigenvalue weighted by Gasteiger charge is -2.04. The molecule has 80 valence electrons. The molecule has 2 aromatic rings. The van der Waals surface area contributed by atoms with Crippen LogP contribution in [0.5, 0.6) is 0 Å². The minimum Gasteiger partial charge on any atom is -0.324 e. The number of nitrogens with zero attached hydrogens (tertiary/aromatic N) is 1. The highest BCUT2D eigenvalue weighted by Crippen LogP contribution is 2.18. The lowest BCUT2D eigenvalue weighted by atomic mass is 10.1. The van der Waals surface area contributed by atoms with Crippen LogP contribution in [-0.4, -0.2) is 19.2 Å². The standard InChI is InChI=1S/C13H12N2O/c1-14-9-13(16)15-12-7-6-10-4-2-3-5-11(10)8-12/h2-8H,1,9H2,(H,15,16). The molecule has 0 radical (unpaired) electrons. The maximum atomic E-state index is 11.3. The van der Waals surface area contributed by atoms with Gasteiger partial charge in [0, 0.05) is 5.69 Å². The highest BCUT2D eigenvalue weighted by atomic mass is 16.1. The molecule has 0 aliphatic heterocycles. The molecule has 0 bridgehead atoms. The van der Waals surface area contributed by atoms with E-state index in [2.05, 4.69) is 17.0 Å². The molecule has 2 rings (SSSR count). The van der Waals surface area contributed by atoms with E-state index in [0.717, 1.165) is 16.5 Å². The van der Waals surface area contributed by atoms with Gasteiger partial charge in [0.25, 0.3) is 0 Å². The fraction of sp³-hybridized carbons (Fsp3) is 0.0769. The fourth-order valence-corrected chi connectivity index (χ4v) is 1.57. The number of hydrogen-bond acceptors (Lipinski definition) is 2. The molecule has 16 heavy (non-hydrogen) atoms. The second-order valence-corrected chi connectivity index (χ2v) is 3.49. The Morgan fingerprint density at radius 1 is 1.19 bits per heavy atom. The van der Waals surface area contributed by atoms with Crippen LogP contribution in [0, 0.1) is 0 Å². The predicted octanol–water partition coefficient (Wildman–Crippen LogP) is 2.48. The van der Waals surface area contributed by atoms with Crippen molar-refractivity contribution in [1.29, 1.82) is 0 Å². The summed E-state index contributed by atoms with van der Waals surface area (Å²) in [6.45, 7) is 3.37. The van der Waals surface area contributed by atoms with E-state index >= 15 is 0 Å². The van der Waals surface area contributed by atoms with E-state index in [1.165, 1.54) is 0 Å². The fourth-order valence-electron chi connectivity index (χ4n) is 1.57. The molecule has 3 nitrogen and oxygen atoms in total. The summed E-state index contributed by atoms with van der Waals surface area (Å²) in [6, 6.07) is 13.8. The molecule has 0 fully saturated rings. The summed E-state index contributed by atoms with van der Waals surface area (Å²) >= 11 is 0. The van der Waals surface area contributed by atoms with E-state index in [4.69, 9.17) is 0 Å². The van der Waals surface area contributed by atoms with Crippen LogP contribution in [0.4, 0.5) is 5.69 Å². The maximum Gasteiger partial charge on any atom is 0.245 e. The number of rotatable bonds is 3. The first-order valence-electron chi connectivity index (χ1n) is 5.01. The van der Waals surface area contributed by atoms with Crippen LogP contribution in [-0.2, 0) is 4.79 Å². The normalized spacial score (nSPS) is 10.0. The second-order valence-electron chi connectivity index (χ2n) is 3.49. The minimum absolute atomic E-state index is 0.0901. The van der Waals surface area contributed by atoms with Crippen LogP contribution in [0.2, 0.25) is 0 Å². The van der Waals surface area contributed by atoms with Gasteiger partial charge >= 0.3 is 0 Å². The number of carbonyl (C=O) groups excluding carboxylic acids is 1. The average molecular weight is 212 g/mol. The molecule has 0 spiro atoms. The van der Waals surface area contributed by atoms with Gasteiger partial charge in [0.05, 0.1) is 0 Å². The zero-order chi connectivity index (χ0) is 11.4. The molecule has 3 heteroatoms. The van der Waals surface area contributed by atoms with Gasteiger partial charge < -0.3 is 5.32 Å². The largest absolute Gasteiger partial charge is 0.324 e. The van der Waals surface area contributed by atoms with E-state index in [-0.39, 0.29) is 12.5 Å². The second kappa shape index (κ2) is 4.57. The first-order chi connectivity index (χ1) is 7.79. The molecule has 0 aliphatic rings. The Morgan fingerprint density at radius 2 is 1.94 bits per heavy atom. The molecule has 0 saturated carbocycles. The molecular formula is C13H12N2O. The monoisotopic (exact) mass is 212 g/mol. The van der Waals surface area contributed by atoms with Gasteiger partial charge in [-0.15, -0.1) is 0 Å². The number of hydrogen-bond donors (Lipinski definition) is 1. The number of aliphatic imine (C=N–C) groups is 1. The Morgan fingerprint density at radius 3 is 2.69 bits per heavy atom. The van der Waals surface area contributed by atoms with Crippen molar-refractivity contribution in [2.75, 3.05) is 11.9 Å². The summed E-state index contributed by atoms with van der Waals surface area (Å²) in [6.07, 6.45) is 0. The molecule has 1 amide bonds. The zero-order valence-electron chi connectivity index (χ0n) is 8.81.